The summed E-state index contributed by atoms with van der Waals surface area (Å²) in [5.74, 6) is -1.48. The Hall–Kier alpha value is -2.39. The number of thiazole rings is 1. The molecule has 1 aromatic carbocycles. The van der Waals surface area contributed by atoms with E-state index in [1.807, 2.05) is 6.92 Å². The van der Waals surface area contributed by atoms with Gasteiger partial charge in [-0.05, 0) is 19.1 Å². The highest BCUT2D eigenvalue weighted by molar-refractivity contribution is 7.97. The number of aromatic nitrogens is 1. The van der Waals surface area contributed by atoms with Crippen molar-refractivity contribution in [3.05, 3.63) is 45.8 Å². The van der Waals surface area contributed by atoms with Gasteiger partial charge >= 0.3 is 0 Å². The van der Waals surface area contributed by atoms with Crippen LogP contribution in [0.2, 0.25) is 0 Å². The molecule has 2 aromatic rings. The summed E-state index contributed by atoms with van der Waals surface area (Å²) in [6.45, 7) is 1.81. The van der Waals surface area contributed by atoms with Crippen molar-refractivity contribution in [2.75, 3.05) is 16.7 Å². The number of hydrogen-bond donors (Lipinski definition) is 2. The van der Waals surface area contributed by atoms with E-state index in [0.717, 1.165) is 9.18 Å². The monoisotopic (exact) mass is 351 g/mol. The van der Waals surface area contributed by atoms with E-state index in [9.17, 15) is 18.3 Å². The van der Waals surface area contributed by atoms with Gasteiger partial charge in [0.15, 0.2) is 15.8 Å². The van der Waals surface area contributed by atoms with Gasteiger partial charge in [0, 0.05) is 23.7 Å². The van der Waals surface area contributed by atoms with Gasteiger partial charge in [-0.15, -0.1) is 11.3 Å². The second-order valence-corrected chi connectivity index (χ2v) is 8.04. The highest BCUT2D eigenvalue weighted by Gasteiger charge is 2.39. The van der Waals surface area contributed by atoms with E-state index >= 15 is 0 Å². The van der Waals surface area contributed by atoms with Gasteiger partial charge in [-0.25, -0.2) is 13.4 Å². The third-order valence-electron chi connectivity index (χ3n) is 3.38. The van der Waals surface area contributed by atoms with E-state index in [1.165, 1.54) is 18.4 Å². The molecule has 3 rings (SSSR count). The highest BCUT2D eigenvalue weighted by Crippen LogP contribution is 2.37. The predicted molar refractivity (Wildman–Crippen MR) is 88.8 cm³/mol. The fourth-order valence-electron chi connectivity index (χ4n) is 2.25. The number of carbonyl (C=O) groups is 1. The van der Waals surface area contributed by atoms with Crippen LogP contribution in [0.4, 0.5) is 10.8 Å². The first-order valence-corrected chi connectivity index (χ1v) is 8.83. The summed E-state index contributed by atoms with van der Waals surface area (Å²) < 4.78 is 26.1. The molecule has 0 aliphatic carbocycles. The lowest BCUT2D eigenvalue weighted by molar-refractivity contribution is -0.112. The molecule has 1 aromatic heterocycles. The van der Waals surface area contributed by atoms with Gasteiger partial charge in [0.05, 0.1) is 5.69 Å². The number of carbonyl (C=O) groups excluding carboxylic acids is 1. The number of para-hydroxylation sites is 1. The van der Waals surface area contributed by atoms with Crippen LogP contribution in [-0.2, 0) is 14.8 Å². The normalized spacial score (nSPS) is 16.2. The van der Waals surface area contributed by atoms with Crippen molar-refractivity contribution >= 4 is 43.8 Å². The van der Waals surface area contributed by atoms with Crippen LogP contribution in [0.25, 0.3) is 5.76 Å². The van der Waals surface area contributed by atoms with Crippen molar-refractivity contribution in [1.29, 1.82) is 0 Å². The van der Waals surface area contributed by atoms with Gasteiger partial charge in [0.1, 0.15) is 0 Å². The number of aryl methyl sites for hydroxylation is 1. The average Bonchev–Trinajstić information content (AvgIpc) is 2.90. The number of amides is 1. The van der Waals surface area contributed by atoms with Gasteiger partial charge in [-0.1, -0.05) is 12.1 Å². The number of sulfonamides is 1. The molecule has 1 aliphatic heterocycles. The minimum atomic E-state index is -4.15. The molecule has 0 fully saturated rings. The first-order valence-electron chi connectivity index (χ1n) is 6.57. The Morgan fingerprint density at radius 2 is 2.04 bits per heavy atom. The molecule has 0 unspecified atom stereocenters. The fourth-order valence-corrected chi connectivity index (χ4v) is 4.24. The molecule has 9 heteroatoms. The zero-order chi connectivity index (χ0) is 16.8. The molecule has 0 saturated heterocycles. The Labute approximate surface area is 137 Å². The molecule has 0 radical (unpaired) electrons. The van der Waals surface area contributed by atoms with E-state index in [-0.39, 0.29) is 10.7 Å². The van der Waals surface area contributed by atoms with Gasteiger partial charge in [-0.3, -0.25) is 14.4 Å². The predicted octanol–water partition coefficient (Wildman–Crippen LogP) is 2.10. The quantitative estimate of drug-likeness (QED) is 0.863. The van der Waals surface area contributed by atoms with Gasteiger partial charge in [0.2, 0.25) is 0 Å². The van der Waals surface area contributed by atoms with Gasteiger partial charge in [0.25, 0.3) is 15.9 Å². The molecule has 7 nitrogen and oxygen atoms in total. The SMILES string of the molecule is Cc1cnc(NC(=O)C2=C(O)c3ccccc3N(C)S2(=O)=O)s1. The largest absolute Gasteiger partial charge is 0.506 e. The van der Waals surface area contributed by atoms with Crippen molar-refractivity contribution in [1.82, 2.24) is 4.98 Å². The van der Waals surface area contributed by atoms with Crippen LogP contribution in [0, 0.1) is 6.92 Å². The first-order chi connectivity index (χ1) is 10.8. The zero-order valence-electron chi connectivity index (χ0n) is 12.3. The number of nitrogens with one attached hydrogen (secondary N) is 1. The standard InChI is InChI=1S/C14H13N3O4S2/c1-8-7-15-14(22-8)16-13(19)12-11(18)9-5-3-4-6-10(9)17(2)23(12,20)21/h3-7,18H,1-2H3,(H,15,16,19). The number of benzene rings is 1. The van der Waals surface area contributed by atoms with E-state index in [2.05, 4.69) is 10.3 Å². The minimum Gasteiger partial charge on any atom is -0.506 e. The van der Waals surface area contributed by atoms with Crippen molar-refractivity contribution < 1.29 is 18.3 Å². The maximum atomic E-state index is 12.6. The fraction of sp³-hybridized carbons (Fsp3) is 0.143. The Balaban J connectivity index is 2.10. The summed E-state index contributed by atoms with van der Waals surface area (Å²) in [6.07, 6.45) is 1.56. The topological polar surface area (TPSA) is 99.6 Å². The van der Waals surface area contributed by atoms with Crippen molar-refractivity contribution in [2.45, 2.75) is 6.92 Å². The maximum Gasteiger partial charge on any atom is 0.274 e. The summed E-state index contributed by atoms with van der Waals surface area (Å²) in [6, 6.07) is 6.42. The Morgan fingerprint density at radius 1 is 1.35 bits per heavy atom. The molecule has 0 atom stereocenters. The molecular formula is C14H13N3O4S2. The lowest BCUT2D eigenvalue weighted by atomic mass is 10.1. The van der Waals surface area contributed by atoms with Crippen LogP contribution in [0.15, 0.2) is 35.4 Å². The van der Waals surface area contributed by atoms with Crippen LogP contribution in [-0.4, -0.2) is 31.5 Å². The zero-order valence-corrected chi connectivity index (χ0v) is 13.9. The Morgan fingerprint density at radius 3 is 2.70 bits per heavy atom. The summed E-state index contributed by atoms with van der Waals surface area (Å²) in [7, 11) is -2.81. The first kappa shape index (κ1) is 15.5. The van der Waals surface area contributed by atoms with Crippen LogP contribution in [0.5, 0.6) is 0 Å². The molecule has 2 heterocycles. The number of rotatable bonds is 2. The van der Waals surface area contributed by atoms with E-state index < -0.39 is 26.6 Å². The molecule has 0 saturated carbocycles. The van der Waals surface area contributed by atoms with Crippen molar-refractivity contribution in [3.8, 4) is 0 Å². The molecular weight excluding hydrogens is 338 g/mol. The lowest BCUT2D eigenvalue weighted by Crippen LogP contribution is -2.37. The molecule has 23 heavy (non-hydrogen) atoms. The molecule has 2 N–H and O–H groups in total. The average molecular weight is 351 g/mol. The molecule has 1 aliphatic rings. The van der Waals surface area contributed by atoms with Crippen molar-refractivity contribution in [3.63, 3.8) is 0 Å². The highest BCUT2D eigenvalue weighted by atomic mass is 32.2. The summed E-state index contributed by atoms with van der Waals surface area (Å²) in [5, 5.41) is 13.0. The lowest BCUT2D eigenvalue weighted by Gasteiger charge is -2.28. The van der Waals surface area contributed by atoms with Gasteiger partial charge < -0.3 is 5.11 Å². The van der Waals surface area contributed by atoms with E-state index in [1.54, 1.807) is 30.5 Å². The number of nitrogens with zero attached hydrogens (tertiary/aromatic N) is 2. The minimum absolute atomic E-state index is 0.268. The van der Waals surface area contributed by atoms with Crippen LogP contribution in [0.1, 0.15) is 10.4 Å². The van der Waals surface area contributed by atoms with E-state index in [4.69, 9.17) is 0 Å². The molecule has 0 spiro atoms. The van der Waals surface area contributed by atoms with Gasteiger partial charge in [-0.2, -0.15) is 0 Å². The summed E-state index contributed by atoms with van der Waals surface area (Å²) in [5.41, 5.74) is 0.594. The number of fused-ring (bicyclic) bond motifs is 1. The Kier molecular flexibility index (Phi) is 3.61. The number of aliphatic hydroxyl groups excluding tert-OH is 1. The number of anilines is 2. The third kappa shape index (κ3) is 2.47. The van der Waals surface area contributed by atoms with E-state index in [0.29, 0.717) is 5.69 Å². The molecule has 120 valence electrons. The summed E-state index contributed by atoms with van der Waals surface area (Å²) in [4.78, 5) is 16.5. The van der Waals surface area contributed by atoms with Crippen LogP contribution < -0.4 is 9.62 Å². The molecule has 1 amide bonds. The van der Waals surface area contributed by atoms with Crippen LogP contribution >= 0.6 is 11.3 Å². The second-order valence-electron chi connectivity index (χ2n) is 4.90. The smallest absolute Gasteiger partial charge is 0.274 e. The third-order valence-corrected chi connectivity index (χ3v) is 6.02. The second kappa shape index (κ2) is 5.36. The summed E-state index contributed by atoms with van der Waals surface area (Å²) >= 11 is 1.21. The molecule has 0 bridgehead atoms. The maximum absolute atomic E-state index is 12.6. The van der Waals surface area contributed by atoms with Crippen molar-refractivity contribution in [2.24, 2.45) is 0 Å². The van der Waals surface area contributed by atoms with Crippen LogP contribution in [0.3, 0.4) is 0 Å². The number of aliphatic hydroxyl groups is 1. The Bertz CT molecular complexity index is 931. The number of hydrogen-bond acceptors (Lipinski definition) is 6.